The van der Waals surface area contributed by atoms with Crippen LogP contribution in [0.1, 0.15) is 13.8 Å². The van der Waals surface area contributed by atoms with Gasteiger partial charge in [0.05, 0.1) is 5.57 Å². The number of carboxylic acids is 1. The molecule has 0 aromatic heterocycles. The summed E-state index contributed by atoms with van der Waals surface area (Å²) in [4.78, 5) is 25.1. The predicted molar refractivity (Wildman–Crippen MR) is 50.7 cm³/mol. The summed E-state index contributed by atoms with van der Waals surface area (Å²) in [6, 6.07) is -0.117. The zero-order chi connectivity index (χ0) is 10.7. The lowest BCUT2D eigenvalue weighted by atomic mass is 10.3. The average molecular weight is 198 g/mol. The van der Waals surface area contributed by atoms with E-state index in [1.165, 1.54) is 18.0 Å². The van der Waals surface area contributed by atoms with Crippen molar-refractivity contribution in [2.24, 2.45) is 0 Å². The lowest BCUT2D eigenvalue weighted by Gasteiger charge is -2.13. The third kappa shape index (κ3) is 2.04. The number of hydrogen-bond acceptors (Lipinski definition) is 2. The lowest BCUT2D eigenvalue weighted by Crippen LogP contribution is -2.29. The van der Waals surface area contributed by atoms with Crippen molar-refractivity contribution in [3.05, 3.63) is 11.8 Å². The molecule has 5 nitrogen and oxygen atoms in total. The van der Waals surface area contributed by atoms with Gasteiger partial charge in [-0.15, -0.1) is 0 Å². The first-order valence-electron chi connectivity index (χ1n) is 4.53. The number of carbonyl (C=O) groups excluding carboxylic acids is 1. The van der Waals surface area contributed by atoms with Gasteiger partial charge in [0, 0.05) is 25.8 Å². The molecule has 0 aromatic rings. The third-order valence-electron chi connectivity index (χ3n) is 2.20. The molecule has 0 aliphatic carbocycles. The van der Waals surface area contributed by atoms with Gasteiger partial charge in [0.2, 0.25) is 0 Å². The molecular weight excluding hydrogens is 184 g/mol. The number of aliphatic carboxylic acids is 1. The number of carbonyl (C=O) groups is 2. The topological polar surface area (TPSA) is 60.9 Å². The zero-order valence-corrected chi connectivity index (χ0v) is 8.36. The van der Waals surface area contributed by atoms with Crippen molar-refractivity contribution in [1.82, 2.24) is 9.80 Å². The molecular formula is C9H14N2O3. The normalized spacial score (nSPS) is 17.9. The molecule has 2 amide bonds. The summed E-state index contributed by atoms with van der Waals surface area (Å²) in [5.74, 6) is -0.993. The molecule has 1 rings (SSSR count). The largest absolute Gasteiger partial charge is 0.478 e. The molecule has 1 heterocycles. The van der Waals surface area contributed by atoms with E-state index in [2.05, 4.69) is 0 Å². The quantitative estimate of drug-likeness (QED) is 0.680. The van der Waals surface area contributed by atoms with Gasteiger partial charge in [0.1, 0.15) is 0 Å². The Labute approximate surface area is 82.6 Å². The molecule has 1 aliphatic heterocycles. The van der Waals surface area contributed by atoms with Crippen LogP contribution >= 0.6 is 0 Å². The SMILES string of the molecule is CCN1CCN(C=C(C)C(=O)O)C1=O. The minimum atomic E-state index is -0.993. The molecule has 78 valence electrons. The van der Waals surface area contributed by atoms with Crippen molar-refractivity contribution in [1.29, 1.82) is 0 Å². The van der Waals surface area contributed by atoms with Crippen LogP contribution in [0, 0.1) is 0 Å². The summed E-state index contributed by atoms with van der Waals surface area (Å²) in [5, 5.41) is 8.63. The molecule has 14 heavy (non-hydrogen) atoms. The molecule has 0 radical (unpaired) electrons. The van der Waals surface area contributed by atoms with E-state index in [9.17, 15) is 9.59 Å². The number of urea groups is 1. The van der Waals surface area contributed by atoms with E-state index in [1.807, 2.05) is 6.92 Å². The maximum absolute atomic E-state index is 11.5. The fourth-order valence-electron chi connectivity index (χ4n) is 1.30. The highest BCUT2D eigenvalue weighted by atomic mass is 16.4. The smallest absolute Gasteiger partial charge is 0.332 e. The summed E-state index contributed by atoms with van der Waals surface area (Å²) in [6.07, 6.45) is 1.39. The molecule has 1 aliphatic rings. The van der Waals surface area contributed by atoms with Crippen LogP contribution in [0.25, 0.3) is 0 Å². The Balaban J connectivity index is 2.69. The standard InChI is InChI=1S/C9H14N2O3/c1-3-10-4-5-11(9(10)14)6-7(2)8(12)13/h6H,3-5H2,1-2H3,(H,12,13). The molecule has 1 saturated heterocycles. The van der Waals surface area contributed by atoms with Crippen molar-refractivity contribution >= 4 is 12.0 Å². The van der Waals surface area contributed by atoms with Crippen molar-refractivity contribution in [3.63, 3.8) is 0 Å². The second-order valence-corrected chi connectivity index (χ2v) is 3.17. The molecule has 0 atom stereocenters. The number of nitrogens with zero attached hydrogens (tertiary/aromatic N) is 2. The predicted octanol–water partition coefficient (Wildman–Crippen LogP) is 0.732. The van der Waals surface area contributed by atoms with Crippen LogP contribution in [0.15, 0.2) is 11.8 Å². The summed E-state index contributed by atoms with van der Waals surface area (Å²) in [5.41, 5.74) is 0.177. The van der Waals surface area contributed by atoms with Crippen LogP contribution in [-0.2, 0) is 4.79 Å². The Hall–Kier alpha value is -1.52. The first kappa shape index (κ1) is 10.6. The molecule has 0 bridgehead atoms. The highest BCUT2D eigenvalue weighted by molar-refractivity contribution is 5.87. The van der Waals surface area contributed by atoms with Gasteiger partial charge in [-0.05, 0) is 13.8 Å². The van der Waals surface area contributed by atoms with Gasteiger partial charge >= 0.3 is 12.0 Å². The van der Waals surface area contributed by atoms with Crippen LogP contribution in [0.2, 0.25) is 0 Å². The molecule has 1 N–H and O–H groups in total. The van der Waals surface area contributed by atoms with E-state index in [4.69, 9.17) is 5.11 Å². The van der Waals surface area contributed by atoms with E-state index >= 15 is 0 Å². The zero-order valence-electron chi connectivity index (χ0n) is 8.36. The van der Waals surface area contributed by atoms with Crippen LogP contribution in [0.4, 0.5) is 4.79 Å². The maximum atomic E-state index is 11.5. The third-order valence-corrected chi connectivity index (χ3v) is 2.20. The van der Waals surface area contributed by atoms with Crippen molar-refractivity contribution < 1.29 is 14.7 Å². The molecule has 1 fully saturated rings. The number of hydrogen-bond donors (Lipinski definition) is 1. The fourth-order valence-corrected chi connectivity index (χ4v) is 1.30. The highest BCUT2D eigenvalue weighted by Crippen LogP contribution is 2.10. The average Bonchev–Trinajstić information content (AvgIpc) is 2.47. The van der Waals surface area contributed by atoms with E-state index in [1.54, 1.807) is 4.90 Å². The van der Waals surface area contributed by atoms with Crippen LogP contribution in [-0.4, -0.2) is 46.5 Å². The van der Waals surface area contributed by atoms with Crippen LogP contribution < -0.4 is 0 Å². The first-order valence-corrected chi connectivity index (χ1v) is 4.53. The minimum absolute atomic E-state index is 0.117. The Morgan fingerprint density at radius 1 is 1.57 bits per heavy atom. The minimum Gasteiger partial charge on any atom is -0.478 e. The number of rotatable bonds is 3. The fraction of sp³-hybridized carbons (Fsp3) is 0.556. The monoisotopic (exact) mass is 198 g/mol. The van der Waals surface area contributed by atoms with E-state index in [0.717, 1.165) is 0 Å². The summed E-state index contributed by atoms with van der Waals surface area (Å²) < 4.78 is 0. The molecule has 0 aromatic carbocycles. The Bertz CT molecular complexity index is 286. The number of amides is 2. The van der Waals surface area contributed by atoms with Crippen molar-refractivity contribution in [2.75, 3.05) is 19.6 Å². The van der Waals surface area contributed by atoms with Gasteiger partial charge in [-0.1, -0.05) is 0 Å². The van der Waals surface area contributed by atoms with Gasteiger partial charge in [-0.25, -0.2) is 9.59 Å². The summed E-state index contributed by atoms with van der Waals surface area (Å²) in [7, 11) is 0. The Kier molecular flexibility index (Phi) is 3.11. The van der Waals surface area contributed by atoms with Gasteiger partial charge in [0.25, 0.3) is 0 Å². The Morgan fingerprint density at radius 3 is 2.64 bits per heavy atom. The van der Waals surface area contributed by atoms with Gasteiger partial charge in [0.15, 0.2) is 0 Å². The Morgan fingerprint density at radius 2 is 2.21 bits per heavy atom. The lowest BCUT2D eigenvalue weighted by molar-refractivity contribution is -0.132. The van der Waals surface area contributed by atoms with Crippen LogP contribution in [0.3, 0.4) is 0 Å². The first-order chi connectivity index (χ1) is 6.56. The van der Waals surface area contributed by atoms with Gasteiger partial charge < -0.3 is 10.0 Å². The van der Waals surface area contributed by atoms with Crippen molar-refractivity contribution in [2.45, 2.75) is 13.8 Å². The van der Waals surface area contributed by atoms with E-state index in [0.29, 0.717) is 19.6 Å². The van der Waals surface area contributed by atoms with E-state index < -0.39 is 5.97 Å². The van der Waals surface area contributed by atoms with E-state index in [-0.39, 0.29) is 11.6 Å². The van der Waals surface area contributed by atoms with Crippen LogP contribution in [0.5, 0.6) is 0 Å². The molecule has 0 spiro atoms. The van der Waals surface area contributed by atoms with Gasteiger partial charge in [-0.3, -0.25) is 4.90 Å². The summed E-state index contributed by atoms with van der Waals surface area (Å²) >= 11 is 0. The maximum Gasteiger partial charge on any atom is 0.332 e. The highest BCUT2D eigenvalue weighted by Gasteiger charge is 2.25. The molecule has 0 unspecified atom stereocenters. The second-order valence-electron chi connectivity index (χ2n) is 3.17. The molecule has 5 heteroatoms. The second kappa shape index (κ2) is 4.13. The number of carboxylic acid groups (broad SMARTS) is 1. The number of likely N-dealkylation sites (N-methyl/N-ethyl adjacent to an activating group) is 1. The molecule has 0 saturated carbocycles. The summed E-state index contributed by atoms with van der Waals surface area (Å²) in [6.45, 7) is 5.27. The van der Waals surface area contributed by atoms with Gasteiger partial charge in [-0.2, -0.15) is 0 Å². The van der Waals surface area contributed by atoms with Crippen molar-refractivity contribution in [3.8, 4) is 0 Å².